The van der Waals surface area contributed by atoms with Crippen molar-refractivity contribution in [3.8, 4) is 11.3 Å². The monoisotopic (exact) mass is 296 g/mol. The molecule has 0 bridgehead atoms. The lowest BCUT2D eigenvalue weighted by Crippen LogP contribution is -2.07. The summed E-state index contributed by atoms with van der Waals surface area (Å²) in [5, 5.41) is 0.449. The maximum Gasteiger partial charge on any atom is 0.419 e. The quantitative estimate of drug-likeness (QED) is 0.637. The molecule has 0 aliphatic carbocycles. The van der Waals surface area contributed by atoms with Crippen molar-refractivity contribution in [2.75, 3.05) is 0 Å². The van der Waals surface area contributed by atoms with Crippen molar-refractivity contribution in [1.82, 2.24) is 9.38 Å². The summed E-state index contributed by atoms with van der Waals surface area (Å²) in [4.78, 5) is 4.07. The van der Waals surface area contributed by atoms with Gasteiger partial charge in [-0.1, -0.05) is 29.8 Å². The molecule has 6 heteroatoms. The number of aromatic nitrogens is 2. The minimum Gasteiger partial charge on any atom is -0.306 e. The molecule has 0 radical (unpaired) electrons. The molecular weight excluding hydrogens is 289 g/mol. The van der Waals surface area contributed by atoms with E-state index in [0.717, 1.165) is 6.07 Å². The summed E-state index contributed by atoms with van der Waals surface area (Å²) in [5.41, 5.74) is 0.117. The van der Waals surface area contributed by atoms with Crippen molar-refractivity contribution in [3.63, 3.8) is 0 Å². The largest absolute Gasteiger partial charge is 0.419 e. The molecule has 102 valence electrons. The van der Waals surface area contributed by atoms with Crippen LogP contribution in [0.3, 0.4) is 0 Å². The molecule has 0 saturated carbocycles. The van der Waals surface area contributed by atoms with Crippen LogP contribution in [-0.4, -0.2) is 9.38 Å². The zero-order chi connectivity index (χ0) is 14.3. The molecular formula is C14H8ClF3N2. The summed E-state index contributed by atoms with van der Waals surface area (Å²) in [5.74, 6) is 0. The Kier molecular flexibility index (Phi) is 2.94. The molecule has 0 aliphatic rings. The van der Waals surface area contributed by atoms with E-state index in [-0.39, 0.29) is 5.65 Å². The Bertz CT molecular complexity index is 777. The average molecular weight is 297 g/mol. The second kappa shape index (κ2) is 4.52. The predicted molar refractivity (Wildman–Crippen MR) is 70.6 cm³/mol. The fourth-order valence-corrected chi connectivity index (χ4v) is 2.27. The van der Waals surface area contributed by atoms with E-state index in [9.17, 15) is 13.2 Å². The molecule has 1 aromatic carbocycles. The maximum atomic E-state index is 12.9. The van der Waals surface area contributed by atoms with Crippen molar-refractivity contribution in [1.29, 1.82) is 0 Å². The lowest BCUT2D eigenvalue weighted by Gasteiger charge is -2.06. The molecule has 0 unspecified atom stereocenters. The van der Waals surface area contributed by atoms with Gasteiger partial charge in [-0.2, -0.15) is 13.2 Å². The van der Waals surface area contributed by atoms with Crippen molar-refractivity contribution < 1.29 is 13.2 Å². The first kappa shape index (κ1) is 13.0. The molecule has 0 N–H and O–H groups in total. The van der Waals surface area contributed by atoms with Gasteiger partial charge in [-0.25, -0.2) is 4.98 Å². The summed E-state index contributed by atoms with van der Waals surface area (Å²) in [6, 6.07) is 9.26. The van der Waals surface area contributed by atoms with Gasteiger partial charge in [0.25, 0.3) is 0 Å². The summed E-state index contributed by atoms with van der Waals surface area (Å²) < 4.78 is 40.1. The van der Waals surface area contributed by atoms with E-state index in [2.05, 4.69) is 4.98 Å². The fraction of sp³-hybridized carbons (Fsp3) is 0.0714. The van der Waals surface area contributed by atoms with Gasteiger partial charge in [-0.05, 0) is 18.2 Å². The first-order chi connectivity index (χ1) is 9.47. The van der Waals surface area contributed by atoms with Gasteiger partial charge in [0.1, 0.15) is 5.65 Å². The van der Waals surface area contributed by atoms with E-state index in [4.69, 9.17) is 11.6 Å². The smallest absolute Gasteiger partial charge is 0.306 e. The third-order valence-corrected chi connectivity index (χ3v) is 3.27. The normalized spacial score (nSPS) is 12.0. The van der Waals surface area contributed by atoms with Gasteiger partial charge < -0.3 is 4.40 Å². The van der Waals surface area contributed by atoms with Gasteiger partial charge in [-0.15, -0.1) is 0 Å². The number of hydrogen-bond acceptors (Lipinski definition) is 1. The number of pyridine rings is 1. The van der Waals surface area contributed by atoms with E-state index >= 15 is 0 Å². The number of benzene rings is 1. The predicted octanol–water partition coefficient (Wildman–Crippen LogP) is 4.67. The lowest BCUT2D eigenvalue weighted by molar-refractivity contribution is -0.136. The molecule has 0 saturated heterocycles. The first-order valence-corrected chi connectivity index (χ1v) is 6.14. The van der Waals surface area contributed by atoms with E-state index in [1.807, 2.05) is 0 Å². The SMILES string of the molecule is FC(F)(F)c1cccn2cc(-c3ccccc3Cl)nc12. The molecule has 0 amide bonds. The Morgan fingerprint density at radius 3 is 2.50 bits per heavy atom. The fourth-order valence-electron chi connectivity index (χ4n) is 2.03. The number of alkyl halides is 3. The lowest BCUT2D eigenvalue weighted by atomic mass is 10.2. The molecule has 2 nitrogen and oxygen atoms in total. The minimum absolute atomic E-state index is 0.130. The van der Waals surface area contributed by atoms with Crippen molar-refractivity contribution >= 4 is 17.2 Å². The summed E-state index contributed by atoms with van der Waals surface area (Å²) >= 11 is 6.04. The van der Waals surface area contributed by atoms with Crippen LogP contribution in [-0.2, 0) is 6.18 Å². The summed E-state index contributed by atoms with van der Waals surface area (Å²) in [7, 11) is 0. The van der Waals surface area contributed by atoms with Crippen LogP contribution in [0.5, 0.6) is 0 Å². The molecule has 0 fully saturated rings. The number of hydrogen-bond donors (Lipinski definition) is 0. The van der Waals surface area contributed by atoms with Crippen LogP contribution in [0.1, 0.15) is 5.56 Å². The second-order valence-corrected chi connectivity index (χ2v) is 4.66. The van der Waals surface area contributed by atoms with Crippen LogP contribution in [0.15, 0.2) is 48.8 Å². The number of halogens is 4. The van der Waals surface area contributed by atoms with Gasteiger partial charge in [0.15, 0.2) is 0 Å². The number of fused-ring (bicyclic) bond motifs is 1. The third-order valence-electron chi connectivity index (χ3n) is 2.94. The number of rotatable bonds is 1. The maximum absolute atomic E-state index is 12.9. The molecule has 3 rings (SSSR count). The average Bonchev–Trinajstić information content (AvgIpc) is 2.81. The van der Waals surface area contributed by atoms with Crippen LogP contribution in [0.2, 0.25) is 5.02 Å². The highest BCUT2D eigenvalue weighted by molar-refractivity contribution is 6.33. The number of nitrogens with zero attached hydrogens (tertiary/aromatic N) is 2. The van der Waals surface area contributed by atoms with Crippen LogP contribution in [0, 0.1) is 0 Å². The van der Waals surface area contributed by atoms with Crippen LogP contribution in [0.4, 0.5) is 13.2 Å². The van der Waals surface area contributed by atoms with Gasteiger partial charge in [0.2, 0.25) is 0 Å². The first-order valence-electron chi connectivity index (χ1n) is 5.76. The Morgan fingerprint density at radius 1 is 1.05 bits per heavy atom. The highest BCUT2D eigenvalue weighted by atomic mass is 35.5. The Balaban J connectivity index is 2.24. The molecule has 2 heterocycles. The van der Waals surface area contributed by atoms with E-state index < -0.39 is 11.7 Å². The van der Waals surface area contributed by atoms with Crippen LogP contribution < -0.4 is 0 Å². The Morgan fingerprint density at radius 2 is 1.80 bits per heavy atom. The minimum atomic E-state index is -4.44. The van der Waals surface area contributed by atoms with E-state index in [1.165, 1.54) is 22.9 Å². The molecule has 2 aromatic heterocycles. The van der Waals surface area contributed by atoms with Gasteiger partial charge in [-0.3, -0.25) is 0 Å². The number of imidazole rings is 1. The molecule has 3 aromatic rings. The highest BCUT2D eigenvalue weighted by Gasteiger charge is 2.33. The summed E-state index contributed by atoms with van der Waals surface area (Å²) in [6.07, 6.45) is -1.38. The molecule has 0 spiro atoms. The van der Waals surface area contributed by atoms with E-state index in [1.54, 1.807) is 24.3 Å². The van der Waals surface area contributed by atoms with Crippen LogP contribution >= 0.6 is 11.6 Å². The molecule has 0 atom stereocenters. The highest BCUT2D eigenvalue weighted by Crippen LogP contribution is 2.34. The van der Waals surface area contributed by atoms with Gasteiger partial charge in [0, 0.05) is 18.0 Å². The zero-order valence-corrected chi connectivity index (χ0v) is 10.8. The van der Waals surface area contributed by atoms with Crippen LogP contribution in [0.25, 0.3) is 16.9 Å². The molecule has 20 heavy (non-hydrogen) atoms. The Labute approximate surface area is 117 Å². The van der Waals surface area contributed by atoms with Crippen molar-refractivity contribution in [2.24, 2.45) is 0 Å². The van der Waals surface area contributed by atoms with Gasteiger partial charge in [0.05, 0.1) is 16.3 Å². The van der Waals surface area contributed by atoms with Crippen molar-refractivity contribution in [2.45, 2.75) is 6.18 Å². The summed E-state index contributed by atoms with van der Waals surface area (Å²) in [6.45, 7) is 0. The second-order valence-electron chi connectivity index (χ2n) is 4.26. The standard InChI is InChI=1S/C14H8ClF3N2/c15-11-6-2-1-4-9(11)12-8-20-7-3-5-10(13(20)19-12)14(16,17)18/h1-8H. The topological polar surface area (TPSA) is 17.3 Å². The zero-order valence-electron chi connectivity index (χ0n) is 10.0. The van der Waals surface area contributed by atoms with Crippen molar-refractivity contribution in [3.05, 3.63) is 59.4 Å². The van der Waals surface area contributed by atoms with E-state index in [0.29, 0.717) is 16.3 Å². The molecule has 0 aliphatic heterocycles. The van der Waals surface area contributed by atoms with Gasteiger partial charge >= 0.3 is 6.18 Å². The third kappa shape index (κ3) is 2.14. The Hall–Kier alpha value is -2.01.